The fourth-order valence-electron chi connectivity index (χ4n) is 5.26. The molecule has 0 aliphatic carbocycles. The number of H-pyrrole nitrogens is 1. The quantitative estimate of drug-likeness (QED) is 0.208. The first kappa shape index (κ1) is 24.9. The molecule has 190 valence electrons. The van der Waals surface area contributed by atoms with Crippen molar-refractivity contribution >= 4 is 28.5 Å². The minimum Gasteiger partial charge on any atom is -0.360 e. The van der Waals surface area contributed by atoms with Crippen LogP contribution in [-0.2, 0) is 0 Å². The summed E-state index contributed by atoms with van der Waals surface area (Å²) in [6, 6.07) is 19.7. The number of hydrogen-bond donors (Lipinski definition) is 2. The monoisotopic (exact) mass is 494 g/mol. The van der Waals surface area contributed by atoms with Crippen LogP contribution >= 0.6 is 0 Å². The second-order valence-electron chi connectivity index (χ2n) is 9.85. The van der Waals surface area contributed by atoms with Crippen LogP contribution in [0.4, 0.5) is 5.82 Å². The number of pyridine rings is 1. The number of piperidine rings is 1. The zero-order valence-corrected chi connectivity index (χ0v) is 21.4. The molecule has 1 aliphatic rings. The minimum atomic E-state index is -0.343. The number of nitrogens with zero attached hydrogens (tertiary/aromatic N) is 2. The smallest absolute Gasteiger partial charge is 0.257 e. The van der Waals surface area contributed by atoms with E-state index in [9.17, 15) is 9.59 Å². The molecule has 0 unspecified atom stereocenters. The van der Waals surface area contributed by atoms with Crippen molar-refractivity contribution in [2.45, 2.75) is 44.9 Å². The van der Waals surface area contributed by atoms with Gasteiger partial charge in [-0.25, -0.2) is 4.98 Å². The van der Waals surface area contributed by atoms with Crippen molar-refractivity contribution in [2.75, 3.05) is 25.0 Å². The maximum atomic E-state index is 13.3. The molecule has 2 N–H and O–H groups in total. The summed E-state index contributed by atoms with van der Waals surface area (Å²) in [4.78, 5) is 37.1. The number of aromatic amines is 1. The molecule has 6 heteroatoms. The summed E-state index contributed by atoms with van der Waals surface area (Å²) >= 11 is 0. The lowest BCUT2D eigenvalue weighted by molar-refractivity contribution is 0.0996. The Bertz CT molecular complexity index is 1370. The van der Waals surface area contributed by atoms with Gasteiger partial charge in [0.15, 0.2) is 5.78 Å². The molecule has 0 bridgehead atoms. The van der Waals surface area contributed by atoms with Crippen LogP contribution in [0.15, 0.2) is 72.9 Å². The van der Waals surface area contributed by atoms with Gasteiger partial charge in [0.25, 0.3) is 5.91 Å². The fraction of sp³-hybridized carbons (Fsp3) is 0.323. The minimum absolute atomic E-state index is 0.177. The normalized spacial score (nSPS) is 14.6. The summed E-state index contributed by atoms with van der Waals surface area (Å²) in [7, 11) is 0. The number of carbonyl (C=O) groups excluding carboxylic acids is 2. The maximum absolute atomic E-state index is 13.3. The number of hydrogen-bond acceptors (Lipinski definition) is 4. The largest absolute Gasteiger partial charge is 0.360 e. The molecule has 37 heavy (non-hydrogen) atoms. The van der Waals surface area contributed by atoms with Gasteiger partial charge in [0.2, 0.25) is 0 Å². The highest BCUT2D eigenvalue weighted by Gasteiger charge is 2.24. The number of likely N-dealkylation sites (tertiary alicyclic amines) is 1. The summed E-state index contributed by atoms with van der Waals surface area (Å²) in [5, 5.41) is 2.93. The molecule has 1 saturated heterocycles. The second-order valence-corrected chi connectivity index (χ2v) is 9.85. The highest BCUT2D eigenvalue weighted by atomic mass is 16.2. The average Bonchev–Trinajstić information content (AvgIpc) is 3.37. The number of anilines is 1. The first-order chi connectivity index (χ1) is 18.1. The number of nitrogens with one attached hydrogen (secondary N) is 2. The number of unbranched alkanes of at least 4 members (excludes halogenated alkanes) is 2. The number of aromatic nitrogens is 2. The van der Waals surface area contributed by atoms with Crippen LogP contribution in [0.2, 0.25) is 0 Å². The molecule has 2 aromatic carbocycles. The van der Waals surface area contributed by atoms with E-state index in [4.69, 9.17) is 4.98 Å². The van der Waals surface area contributed by atoms with Gasteiger partial charge < -0.3 is 15.2 Å². The van der Waals surface area contributed by atoms with E-state index < -0.39 is 0 Å². The van der Waals surface area contributed by atoms with Crippen molar-refractivity contribution < 1.29 is 9.59 Å². The zero-order chi connectivity index (χ0) is 25.6. The van der Waals surface area contributed by atoms with Crippen molar-refractivity contribution in [3.8, 4) is 0 Å². The van der Waals surface area contributed by atoms with Crippen molar-refractivity contribution in [2.24, 2.45) is 0 Å². The molecule has 0 spiro atoms. The number of rotatable bonds is 9. The van der Waals surface area contributed by atoms with Crippen LogP contribution in [0.3, 0.4) is 0 Å². The van der Waals surface area contributed by atoms with E-state index in [0.717, 1.165) is 37.0 Å². The van der Waals surface area contributed by atoms with Crippen LogP contribution in [-0.4, -0.2) is 46.2 Å². The number of ketones is 1. The Labute approximate surface area is 218 Å². The van der Waals surface area contributed by atoms with Crippen LogP contribution < -0.4 is 5.32 Å². The van der Waals surface area contributed by atoms with E-state index in [0.29, 0.717) is 28.4 Å². The van der Waals surface area contributed by atoms with E-state index in [1.165, 1.54) is 31.4 Å². The molecule has 0 saturated carbocycles. The number of carbonyl (C=O) groups is 2. The average molecular weight is 495 g/mol. The Morgan fingerprint density at radius 1 is 0.946 bits per heavy atom. The first-order valence-corrected chi connectivity index (χ1v) is 13.3. The number of benzene rings is 2. The summed E-state index contributed by atoms with van der Waals surface area (Å²) in [5.41, 5.74) is 4.37. The predicted molar refractivity (Wildman–Crippen MR) is 148 cm³/mol. The highest BCUT2D eigenvalue weighted by molar-refractivity contribution is 6.17. The third kappa shape index (κ3) is 5.65. The second kappa shape index (κ2) is 11.5. The van der Waals surface area contributed by atoms with Gasteiger partial charge in [-0.2, -0.15) is 0 Å². The maximum Gasteiger partial charge on any atom is 0.257 e. The van der Waals surface area contributed by atoms with Crippen LogP contribution in [0.5, 0.6) is 0 Å². The fourth-order valence-corrected chi connectivity index (χ4v) is 5.26. The molecular weight excluding hydrogens is 460 g/mol. The Kier molecular flexibility index (Phi) is 7.76. The molecule has 1 fully saturated rings. The standard InChI is InChI=1S/C31H34N4O2/c1-2-3-9-18-35-19-16-22(17-20-35)26-21-32-27-14-15-28(33-29(26)27)34-31(37)25-13-8-7-12-24(25)30(36)23-10-5-4-6-11-23/h4-8,10-15,21-22,32H,2-3,9,16-20H2,1H3,(H,33,34,37). The van der Waals surface area contributed by atoms with Gasteiger partial charge in [0.1, 0.15) is 5.82 Å². The van der Waals surface area contributed by atoms with E-state index >= 15 is 0 Å². The Morgan fingerprint density at radius 3 is 2.43 bits per heavy atom. The number of fused-ring (bicyclic) bond motifs is 1. The third-order valence-electron chi connectivity index (χ3n) is 7.35. The molecular formula is C31H34N4O2. The molecule has 4 aromatic rings. The molecule has 1 aliphatic heterocycles. The van der Waals surface area contributed by atoms with Crippen LogP contribution in [0.1, 0.15) is 76.8 Å². The van der Waals surface area contributed by atoms with Gasteiger partial charge in [-0.1, -0.05) is 68.3 Å². The van der Waals surface area contributed by atoms with Gasteiger partial charge in [-0.05, 0) is 68.6 Å². The SMILES string of the molecule is CCCCCN1CCC(c2c[nH]c3ccc(NC(=O)c4ccccc4C(=O)c4ccccc4)nc23)CC1. The lowest BCUT2D eigenvalue weighted by Gasteiger charge is -2.31. The zero-order valence-electron chi connectivity index (χ0n) is 21.4. The number of amides is 1. The molecule has 5 rings (SSSR count). The van der Waals surface area contributed by atoms with Crippen molar-refractivity contribution in [3.63, 3.8) is 0 Å². The van der Waals surface area contributed by atoms with Crippen LogP contribution in [0, 0.1) is 0 Å². The molecule has 3 heterocycles. The molecule has 0 atom stereocenters. The first-order valence-electron chi connectivity index (χ1n) is 13.3. The lowest BCUT2D eigenvalue weighted by atomic mass is 9.90. The molecule has 1 amide bonds. The van der Waals surface area contributed by atoms with Crippen molar-refractivity contribution in [3.05, 3.63) is 95.2 Å². The Hall–Kier alpha value is -3.77. The van der Waals surface area contributed by atoms with Crippen LogP contribution in [0.25, 0.3) is 11.0 Å². The van der Waals surface area contributed by atoms with E-state index in [1.807, 2.05) is 24.3 Å². The third-order valence-corrected chi connectivity index (χ3v) is 7.35. The van der Waals surface area contributed by atoms with E-state index in [2.05, 4.69) is 28.3 Å². The van der Waals surface area contributed by atoms with Gasteiger partial charge >= 0.3 is 0 Å². The summed E-state index contributed by atoms with van der Waals surface area (Å²) in [5.74, 6) is 0.420. The highest BCUT2D eigenvalue weighted by Crippen LogP contribution is 2.33. The van der Waals surface area contributed by atoms with Gasteiger partial charge in [0, 0.05) is 17.3 Å². The lowest BCUT2D eigenvalue weighted by Crippen LogP contribution is -2.33. The summed E-state index contributed by atoms with van der Waals surface area (Å²) in [6.07, 6.45) is 8.14. The van der Waals surface area contributed by atoms with Gasteiger partial charge in [-0.3, -0.25) is 9.59 Å². The Balaban J connectivity index is 1.31. The molecule has 6 nitrogen and oxygen atoms in total. The van der Waals surface area contributed by atoms with Crippen molar-refractivity contribution in [1.82, 2.24) is 14.9 Å². The molecule has 2 aromatic heterocycles. The predicted octanol–water partition coefficient (Wildman–Crippen LogP) is 6.42. The van der Waals surface area contributed by atoms with E-state index in [1.54, 1.807) is 42.5 Å². The Morgan fingerprint density at radius 2 is 1.68 bits per heavy atom. The van der Waals surface area contributed by atoms with Gasteiger partial charge in [0.05, 0.1) is 16.6 Å². The van der Waals surface area contributed by atoms with E-state index in [-0.39, 0.29) is 11.7 Å². The topological polar surface area (TPSA) is 78.1 Å². The molecule has 0 radical (unpaired) electrons. The van der Waals surface area contributed by atoms with Gasteiger partial charge in [-0.15, -0.1) is 0 Å². The summed E-state index contributed by atoms with van der Waals surface area (Å²) < 4.78 is 0. The van der Waals surface area contributed by atoms with Crippen molar-refractivity contribution in [1.29, 1.82) is 0 Å². The summed E-state index contributed by atoms with van der Waals surface area (Å²) in [6.45, 7) is 5.67.